The van der Waals surface area contributed by atoms with Crippen molar-refractivity contribution >= 4 is 23.4 Å². The Morgan fingerprint density at radius 2 is 1.53 bits per heavy atom. The maximum absolute atomic E-state index is 14.1. The van der Waals surface area contributed by atoms with Crippen LogP contribution in [-0.2, 0) is 9.53 Å². The number of methoxy groups -OCH3 is 3. The van der Waals surface area contributed by atoms with Crippen molar-refractivity contribution in [1.29, 1.82) is 0 Å². The molecule has 1 heterocycles. The molecule has 3 aromatic carbocycles. The molecule has 0 aromatic heterocycles. The van der Waals surface area contributed by atoms with Gasteiger partial charge in [0.2, 0.25) is 0 Å². The summed E-state index contributed by atoms with van der Waals surface area (Å²) in [5.41, 5.74) is 2.67. The summed E-state index contributed by atoms with van der Waals surface area (Å²) < 4.78 is 22.6. The van der Waals surface area contributed by atoms with Crippen LogP contribution in [0.1, 0.15) is 45.0 Å². The quantitative estimate of drug-likeness (QED) is 0.364. The third kappa shape index (κ3) is 3.41. The molecule has 1 aliphatic carbocycles. The lowest BCUT2D eigenvalue weighted by Gasteiger charge is -2.46. The highest BCUT2D eigenvalue weighted by Gasteiger charge is 2.55. The maximum atomic E-state index is 14.1. The molecule has 0 saturated heterocycles. The van der Waals surface area contributed by atoms with Crippen LogP contribution in [0, 0.1) is 5.92 Å². The van der Waals surface area contributed by atoms with Gasteiger partial charge in [0.05, 0.1) is 27.2 Å². The first-order valence-corrected chi connectivity index (χ1v) is 11.2. The van der Waals surface area contributed by atoms with E-state index in [0.29, 0.717) is 39.0 Å². The molecule has 1 aliphatic heterocycles. The lowest BCUT2D eigenvalue weighted by Crippen LogP contribution is -2.44. The monoisotopic (exact) mass is 478 g/mol. The van der Waals surface area contributed by atoms with Gasteiger partial charge in [-0.25, -0.2) is 0 Å². The van der Waals surface area contributed by atoms with Gasteiger partial charge in [0, 0.05) is 27.6 Å². The number of ether oxygens (including phenoxy) is 4. The molecule has 3 aromatic rings. The summed E-state index contributed by atoms with van der Waals surface area (Å²) in [6.45, 7) is 0. The van der Waals surface area contributed by atoms with Gasteiger partial charge in [0.15, 0.2) is 17.3 Å². The Morgan fingerprint density at radius 1 is 0.853 bits per heavy atom. The fourth-order valence-corrected chi connectivity index (χ4v) is 5.42. The molecule has 34 heavy (non-hydrogen) atoms. The predicted octanol–water partition coefficient (Wildman–Crippen LogP) is 5.34. The minimum atomic E-state index is -0.751. The van der Waals surface area contributed by atoms with Crippen molar-refractivity contribution in [2.24, 2.45) is 5.92 Å². The first kappa shape index (κ1) is 22.3. The average Bonchev–Trinajstić information content (AvgIpc) is 2.87. The van der Waals surface area contributed by atoms with E-state index in [1.807, 2.05) is 24.3 Å². The molecule has 0 saturated carbocycles. The van der Waals surface area contributed by atoms with Gasteiger partial charge in [-0.05, 0) is 35.9 Å². The van der Waals surface area contributed by atoms with Crippen molar-refractivity contribution in [3.8, 4) is 17.2 Å². The summed E-state index contributed by atoms with van der Waals surface area (Å²) in [5.74, 6) is -0.985. The summed E-state index contributed by atoms with van der Waals surface area (Å²) in [4.78, 5) is 27.2. The number of Topliss-reactive ketones (excluding diaryl/α,β-unsaturated/α-hetero) is 1. The fourth-order valence-electron chi connectivity index (χ4n) is 5.24. The normalized spacial score (nSPS) is 22.0. The van der Waals surface area contributed by atoms with Crippen LogP contribution < -0.4 is 14.2 Å². The zero-order valence-corrected chi connectivity index (χ0v) is 19.7. The van der Waals surface area contributed by atoms with Gasteiger partial charge in [-0.2, -0.15) is 0 Å². The molecule has 0 radical (unpaired) electrons. The van der Waals surface area contributed by atoms with Crippen LogP contribution in [0.25, 0.3) is 0 Å². The van der Waals surface area contributed by atoms with Crippen molar-refractivity contribution in [2.45, 2.75) is 17.9 Å². The molecule has 7 heteroatoms. The van der Waals surface area contributed by atoms with Crippen LogP contribution in [0.4, 0.5) is 0 Å². The van der Waals surface area contributed by atoms with Crippen molar-refractivity contribution < 1.29 is 28.5 Å². The smallest absolute Gasteiger partial charge is 0.313 e. The van der Waals surface area contributed by atoms with E-state index in [2.05, 4.69) is 0 Å². The second kappa shape index (κ2) is 8.69. The van der Waals surface area contributed by atoms with Gasteiger partial charge in [0.25, 0.3) is 0 Å². The topological polar surface area (TPSA) is 71.1 Å². The predicted molar refractivity (Wildman–Crippen MR) is 126 cm³/mol. The largest absolute Gasteiger partial charge is 0.493 e. The Morgan fingerprint density at radius 3 is 2.18 bits per heavy atom. The summed E-state index contributed by atoms with van der Waals surface area (Å²) >= 11 is 6.35. The van der Waals surface area contributed by atoms with Crippen LogP contribution in [0.2, 0.25) is 5.02 Å². The van der Waals surface area contributed by atoms with Gasteiger partial charge in [0.1, 0.15) is 17.8 Å². The number of hydrogen-bond acceptors (Lipinski definition) is 6. The Kier molecular flexibility index (Phi) is 5.70. The number of rotatable bonds is 5. The van der Waals surface area contributed by atoms with Crippen molar-refractivity contribution in [3.63, 3.8) is 0 Å². The van der Waals surface area contributed by atoms with Crippen LogP contribution >= 0.6 is 11.6 Å². The highest BCUT2D eigenvalue weighted by atomic mass is 35.5. The molecule has 0 N–H and O–H groups in total. The number of halogens is 1. The molecule has 6 nitrogen and oxygen atoms in total. The minimum absolute atomic E-state index is 0.112. The summed E-state index contributed by atoms with van der Waals surface area (Å²) in [6.07, 6.45) is -0.666. The minimum Gasteiger partial charge on any atom is -0.493 e. The molecule has 174 valence electrons. The molecule has 2 aliphatic rings. The number of esters is 1. The standard InChI is InChI=1S/C27H23ClO6/c1-31-20-12-16-17(13-21(20)32-2)26-24(27(30)33-3)22(18-11-15(28)9-10-19(18)34-26)23(16)25(29)14-7-5-4-6-8-14/h4-13,22-24,26H,1-3H3/t22-,23+,24-,26+/m0/s1. The highest BCUT2D eigenvalue weighted by Crippen LogP contribution is 2.59. The Bertz CT molecular complexity index is 1270. The van der Waals surface area contributed by atoms with Gasteiger partial charge < -0.3 is 18.9 Å². The van der Waals surface area contributed by atoms with Crippen LogP contribution in [0.15, 0.2) is 60.7 Å². The molecule has 0 fully saturated rings. The molecule has 4 atom stereocenters. The Balaban J connectivity index is 1.82. The van der Waals surface area contributed by atoms with E-state index in [-0.39, 0.29) is 5.78 Å². The molecule has 5 rings (SSSR count). The van der Waals surface area contributed by atoms with Crippen molar-refractivity contribution in [2.75, 3.05) is 21.3 Å². The van der Waals surface area contributed by atoms with E-state index < -0.39 is 29.8 Å². The van der Waals surface area contributed by atoms with Gasteiger partial charge in [-0.15, -0.1) is 0 Å². The fraction of sp³-hybridized carbons (Fsp3) is 0.259. The Hall–Kier alpha value is -3.51. The zero-order chi connectivity index (χ0) is 24.0. The number of carbonyl (C=O) groups excluding carboxylic acids is 2. The molecular formula is C27H23ClO6. The van der Waals surface area contributed by atoms with Crippen LogP contribution in [0.3, 0.4) is 0 Å². The Labute approximate surface area is 202 Å². The van der Waals surface area contributed by atoms with E-state index >= 15 is 0 Å². The lowest BCUT2D eigenvalue weighted by atomic mass is 9.61. The molecule has 0 amide bonds. The number of carbonyl (C=O) groups is 2. The highest BCUT2D eigenvalue weighted by molar-refractivity contribution is 6.30. The van der Waals surface area contributed by atoms with E-state index in [1.54, 1.807) is 50.6 Å². The first-order chi connectivity index (χ1) is 16.5. The van der Waals surface area contributed by atoms with Gasteiger partial charge in [-0.3, -0.25) is 9.59 Å². The SMILES string of the molecule is COC(=O)[C@H]1[C@H]2c3cc(Cl)ccc3O[C@@H]1c1cc(OC)c(OC)cc1[C@H]2C(=O)c1ccccc1. The number of hydrogen-bond donors (Lipinski definition) is 0. The van der Waals surface area contributed by atoms with Crippen LogP contribution in [-0.4, -0.2) is 33.1 Å². The lowest BCUT2D eigenvalue weighted by molar-refractivity contribution is -0.151. The summed E-state index contributed by atoms with van der Waals surface area (Å²) in [7, 11) is 4.43. The van der Waals surface area contributed by atoms with Crippen molar-refractivity contribution in [1.82, 2.24) is 0 Å². The third-order valence-corrected chi connectivity index (χ3v) is 6.94. The van der Waals surface area contributed by atoms with E-state index in [4.69, 9.17) is 30.5 Å². The van der Waals surface area contributed by atoms with Gasteiger partial charge in [-0.1, -0.05) is 41.9 Å². The second-order valence-electron chi connectivity index (χ2n) is 8.34. The van der Waals surface area contributed by atoms with Gasteiger partial charge >= 0.3 is 5.97 Å². The summed E-state index contributed by atoms with van der Waals surface area (Å²) in [6, 6.07) is 17.9. The number of fused-ring (bicyclic) bond motifs is 6. The molecule has 0 unspecified atom stereocenters. The average molecular weight is 479 g/mol. The molecule has 2 bridgehead atoms. The zero-order valence-electron chi connectivity index (χ0n) is 18.9. The third-order valence-electron chi connectivity index (χ3n) is 6.70. The molecule has 0 spiro atoms. The molecular weight excluding hydrogens is 456 g/mol. The van der Waals surface area contributed by atoms with E-state index in [9.17, 15) is 9.59 Å². The maximum Gasteiger partial charge on any atom is 0.313 e. The first-order valence-electron chi connectivity index (χ1n) is 10.9. The van der Waals surface area contributed by atoms with E-state index in [1.165, 1.54) is 7.11 Å². The number of benzene rings is 3. The summed E-state index contributed by atoms with van der Waals surface area (Å²) in [5, 5.41) is 0.494. The van der Waals surface area contributed by atoms with Crippen molar-refractivity contribution in [3.05, 3.63) is 87.9 Å². The number of ketones is 1. The van der Waals surface area contributed by atoms with Crippen LogP contribution in [0.5, 0.6) is 17.2 Å². The van der Waals surface area contributed by atoms with E-state index in [0.717, 1.165) is 5.56 Å². The second-order valence-corrected chi connectivity index (χ2v) is 8.78.